The Labute approximate surface area is 120 Å². The highest BCUT2D eigenvalue weighted by molar-refractivity contribution is 7.19. The van der Waals surface area contributed by atoms with Gasteiger partial charge in [-0.05, 0) is 24.4 Å². The predicted octanol–water partition coefficient (Wildman–Crippen LogP) is 0.971. The van der Waals surface area contributed by atoms with Gasteiger partial charge in [0.1, 0.15) is 5.60 Å². The molecule has 1 aromatic carbocycles. The minimum atomic E-state index is -1.21. The zero-order valence-corrected chi connectivity index (χ0v) is 12.1. The van der Waals surface area contributed by atoms with Gasteiger partial charge in [0.05, 0.1) is 6.54 Å². The van der Waals surface area contributed by atoms with E-state index >= 15 is 0 Å². The predicted molar refractivity (Wildman–Crippen MR) is 78.5 cm³/mol. The van der Waals surface area contributed by atoms with Gasteiger partial charge in [0.15, 0.2) is 0 Å². The van der Waals surface area contributed by atoms with E-state index in [2.05, 4.69) is 10.6 Å². The molecular weight excluding hydrogens is 276 g/mol. The van der Waals surface area contributed by atoms with Crippen LogP contribution in [0.2, 0.25) is 0 Å². The topological polar surface area (TPSA) is 78.4 Å². The molecule has 2 rings (SSSR count). The van der Waals surface area contributed by atoms with Crippen molar-refractivity contribution in [3.8, 4) is 0 Å². The molecular formula is C14H16N2O3S. The van der Waals surface area contributed by atoms with Gasteiger partial charge in [-0.25, -0.2) is 0 Å². The number of rotatable bonds is 3. The van der Waals surface area contributed by atoms with Gasteiger partial charge in [-0.3, -0.25) is 9.59 Å². The Hall–Kier alpha value is -1.92. The number of carbonyl (C=O) groups excluding carboxylic acids is 2. The van der Waals surface area contributed by atoms with E-state index < -0.39 is 17.4 Å². The molecule has 0 saturated carbocycles. The maximum atomic E-state index is 11.4. The summed E-state index contributed by atoms with van der Waals surface area (Å²) in [4.78, 5) is 23.2. The fraction of sp³-hybridized carbons (Fsp3) is 0.286. The standard InChI is InChI=1S/C14H16N2O3S/c1-14(19,8-16-13(18)12(17)15-2)11-7-9-5-3-4-6-10(9)20-11/h3-7,19H,8H2,1-2H3,(H,15,17)(H,16,18). The average Bonchev–Trinajstić information content (AvgIpc) is 2.88. The molecule has 1 heterocycles. The Morgan fingerprint density at radius 1 is 1.30 bits per heavy atom. The molecule has 0 aliphatic heterocycles. The van der Waals surface area contributed by atoms with Gasteiger partial charge >= 0.3 is 11.8 Å². The lowest BCUT2D eigenvalue weighted by atomic mass is 10.0. The van der Waals surface area contributed by atoms with Gasteiger partial charge in [-0.2, -0.15) is 0 Å². The summed E-state index contributed by atoms with van der Waals surface area (Å²) in [6.07, 6.45) is 0. The van der Waals surface area contributed by atoms with E-state index in [-0.39, 0.29) is 6.54 Å². The van der Waals surface area contributed by atoms with Crippen LogP contribution in [-0.4, -0.2) is 30.5 Å². The van der Waals surface area contributed by atoms with E-state index in [4.69, 9.17) is 0 Å². The van der Waals surface area contributed by atoms with Crippen LogP contribution in [0.1, 0.15) is 11.8 Å². The number of hydrogen-bond donors (Lipinski definition) is 3. The Morgan fingerprint density at radius 3 is 2.65 bits per heavy atom. The number of likely N-dealkylation sites (N-methyl/N-ethyl adjacent to an activating group) is 1. The number of amides is 2. The van der Waals surface area contributed by atoms with Crippen LogP contribution < -0.4 is 10.6 Å². The average molecular weight is 292 g/mol. The second kappa shape index (κ2) is 5.60. The molecule has 0 spiro atoms. The molecule has 5 nitrogen and oxygen atoms in total. The van der Waals surface area contributed by atoms with E-state index in [1.807, 2.05) is 30.3 Å². The van der Waals surface area contributed by atoms with Crippen LogP contribution in [0.3, 0.4) is 0 Å². The fourth-order valence-electron chi connectivity index (χ4n) is 1.78. The Kier molecular flexibility index (Phi) is 4.06. The van der Waals surface area contributed by atoms with Crippen LogP contribution in [0.4, 0.5) is 0 Å². The summed E-state index contributed by atoms with van der Waals surface area (Å²) >= 11 is 1.47. The third kappa shape index (κ3) is 2.97. The van der Waals surface area contributed by atoms with Crippen molar-refractivity contribution in [1.82, 2.24) is 10.6 Å². The summed E-state index contributed by atoms with van der Waals surface area (Å²) in [5.74, 6) is -1.48. The summed E-state index contributed by atoms with van der Waals surface area (Å²) < 4.78 is 1.07. The first kappa shape index (κ1) is 14.5. The number of hydrogen-bond acceptors (Lipinski definition) is 4. The molecule has 6 heteroatoms. The van der Waals surface area contributed by atoms with E-state index in [9.17, 15) is 14.7 Å². The molecule has 2 aromatic rings. The summed E-state index contributed by atoms with van der Waals surface area (Å²) in [7, 11) is 1.38. The highest BCUT2D eigenvalue weighted by Gasteiger charge is 2.27. The highest BCUT2D eigenvalue weighted by atomic mass is 32.1. The van der Waals surface area contributed by atoms with Crippen molar-refractivity contribution in [2.24, 2.45) is 0 Å². The van der Waals surface area contributed by atoms with Crippen molar-refractivity contribution in [3.05, 3.63) is 35.2 Å². The van der Waals surface area contributed by atoms with Crippen LogP contribution in [0, 0.1) is 0 Å². The van der Waals surface area contributed by atoms with Crippen LogP contribution in [0.5, 0.6) is 0 Å². The van der Waals surface area contributed by atoms with E-state index in [1.165, 1.54) is 18.4 Å². The first-order chi connectivity index (χ1) is 9.44. The lowest BCUT2D eigenvalue weighted by Crippen LogP contribution is -2.44. The molecule has 0 aliphatic carbocycles. The molecule has 3 N–H and O–H groups in total. The summed E-state index contributed by atoms with van der Waals surface area (Å²) in [6.45, 7) is 1.59. The second-order valence-corrected chi connectivity index (χ2v) is 5.77. The molecule has 0 radical (unpaired) electrons. The van der Waals surface area contributed by atoms with Crippen LogP contribution in [0.25, 0.3) is 10.1 Å². The Bertz CT molecular complexity index is 616. The molecule has 0 saturated heterocycles. The van der Waals surface area contributed by atoms with Crippen molar-refractivity contribution < 1.29 is 14.7 Å². The third-order valence-electron chi connectivity index (χ3n) is 2.98. The summed E-state index contributed by atoms with van der Waals surface area (Å²) in [5, 5.41) is 16.2. The summed E-state index contributed by atoms with van der Waals surface area (Å²) in [6, 6.07) is 9.70. The number of carbonyl (C=O) groups is 2. The SMILES string of the molecule is CNC(=O)C(=O)NCC(C)(O)c1cc2ccccc2s1. The molecule has 1 atom stereocenters. The Balaban J connectivity index is 2.13. The van der Waals surface area contributed by atoms with E-state index in [1.54, 1.807) is 6.92 Å². The van der Waals surface area contributed by atoms with Crippen LogP contribution in [0.15, 0.2) is 30.3 Å². The van der Waals surface area contributed by atoms with Gasteiger partial charge in [-0.15, -0.1) is 11.3 Å². The third-order valence-corrected chi connectivity index (χ3v) is 4.35. The van der Waals surface area contributed by atoms with Gasteiger partial charge in [0, 0.05) is 16.6 Å². The highest BCUT2D eigenvalue weighted by Crippen LogP contribution is 2.32. The fourth-order valence-corrected chi connectivity index (χ4v) is 2.89. The van der Waals surface area contributed by atoms with Crippen molar-refractivity contribution in [2.75, 3.05) is 13.6 Å². The zero-order valence-electron chi connectivity index (χ0n) is 11.3. The molecule has 106 valence electrons. The number of aliphatic hydroxyl groups is 1. The largest absolute Gasteiger partial charge is 0.383 e. The van der Waals surface area contributed by atoms with Crippen molar-refractivity contribution >= 4 is 33.2 Å². The van der Waals surface area contributed by atoms with Crippen molar-refractivity contribution in [1.29, 1.82) is 0 Å². The molecule has 1 aromatic heterocycles. The monoisotopic (exact) mass is 292 g/mol. The first-order valence-corrected chi connectivity index (χ1v) is 6.97. The minimum absolute atomic E-state index is 0.0218. The number of thiophene rings is 1. The molecule has 2 amide bonds. The molecule has 0 fully saturated rings. The van der Waals surface area contributed by atoms with E-state index in [0.29, 0.717) is 0 Å². The van der Waals surface area contributed by atoms with E-state index in [0.717, 1.165) is 15.0 Å². The molecule has 0 aliphatic rings. The smallest absolute Gasteiger partial charge is 0.309 e. The van der Waals surface area contributed by atoms with Gasteiger partial charge in [0.2, 0.25) is 0 Å². The number of nitrogens with one attached hydrogen (secondary N) is 2. The molecule has 1 unspecified atom stereocenters. The van der Waals surface area contributed by atoms with Crippen LogP contribution in [-0.2, 0) is 15.2 Å². The van der Waals surface area contributed by atoms with Crippen molar-refractivity contribution in [2.45, 2.75) is 12.5 Å². The molecule has 0 bridgehead atoms. The minimum Gasteiger partial charge on any atom is -0.383 e. The second-order valence-electron chi connectivity index (χ2n) is 4.68. The quantitative estimate of drug-likeness (QED) is 0.738. The maximum absolute atomic E-state index is 11.4. The Morgan fingerprint density at radius 2 is 2.00 bits per heavy atom. The molecule has 20 heavy (non-hydrogen) atoms. The summed E-state index contributed by atoms with van der Waals surface area (Å²) in [5.41, 5.74) is -1.21. The van der Waals surface area contributed by atoms with Gasteiger partial charge in [-0.1, -0.05) is 18.2 Å². The maximum Gasteiger partial charge on any atom is 0.309 e. The first-order valence-electron chi connectivity index (χ1n) is 6.15. The van der Waals surface area contributed by atoms with Crippen molar-refractivity contribution in [3.63, 3.8) is 0 Å². The lowest BCUT2D eigenvalue weighted by Gasteiger charge is -2.21. The lowest BCUT2D eigenvalue weighted by molar-refractivity contribution is -0.139. The van der Waals surface area contributed by atoms with Gasteiger partial charge in [0.25, 0.3) is 0 Å². The van der Waals surface area contributed by atoms with Crippen LogP contribution >= 0.6 is 11.3 Å². The zero-order chi connectivity index (χ0) is 14.8. The number of fused-ring (bicyclic) bond motifs is 1. The van der Waals surface area contributed by atoms with Gasteiger partial charge < -0.3 is 15.7 Å². The normalized spacial score (nSPS) is 13.8. The number of benzene rings is 1.